The number of carbonyl (C=O) groups excluding carboxylic acids is 1. The summed E-state index contributed by atoms with van der Waals surface area (Å²) in [7, 11) is 0. The standard InChI is InChI=1S/C26H44O8/c1-2-3-4-5-6-7-8-13-29-14-15-30-16-17-31-18-19-32-20-21-33-22-23-34-26(28)24-9-11-25(27)12-10-24/h9-12,27H,2-8,13-23H2,1H3. The number of phenolic OH excluding ortho intramolecular Hbond substituents is 1. The molecule has 8 heteroatoms. The SMILES string of the molecule is CCCCCCCCCOCCOCCOCCOCCOCCOC(=O)c1ccc(O)cc1. The predicted octanol–water partition coefficient (Wildman–Crippen LogP) is 4.38. The van der Waals surface area contributed by atoms with Crippen molar-refractivity contribution in [3.8, 4) is 5.75 Å². The van der Waals surface area contributed by atoms with Crippen molar-refractivity contribution in [3.05, 3.63) is 29.8 Å². The van der Waals surface area contributed by atoms with Gasteiger partial charge in [-0.15, -0.1) is 0 Å². The first-order valence-corrected chi connectivity index (χ1v) is 12.6. The Hall–Kier alpha value is -1.71. The van der Waals surface area contributed by atoms with Crippen LogP contribution in [-0.2, 0) is 28.4 Å². The summed E-state index contributed by atoms with van der Waals surface area (Å²) in [6, 6.07) is 5.90. The lowest BCUT2D eigenvalue weighted by Gasteiger charge is -2.08. The van der Waals surface area contributed by atoms with Gasteiger partial charge in [0.25, 0.3) is 0 Å². The summed E-state index contributed by atoms with van der Waals surface area (Å²) >= 11 is 0. The summed E-state index contributed by atoms with van der Waals surface area (Å²) < 4.78 is 32.4. The van der Waals surface area contributed by atoms with Crippen molar-refractivity contribution in [2.75, 3.05) is 72.7 Å². The molecule has 0 saturated carbocycles. The minimum absolute atomic E-state index is 0.105. The first-order chi connectivity index (χ1) is 16.7. The maximum absolute atomic E-state index is 11.8. The molecule has 0 saturated heterocycles. The smallest absolute Gasteiger partial charge is 0.338 e. The number of rotatable bonds is 24. The van der Waals surface area contributed by atoms with Gasteiger partial charge in [-0.05, 0) is 30.7 Å². The predicted molar refractivity (Wildman–Crippen MR) is 130 cm³/mol. The zero-order valence-corrected chi connectivity index (χ0v) is 20.8. The normalized spacial score (nSPS) is 11.1. The molecule has 0 amide bonds. The topological polar surface area (TPSA) is 92.7 Å². The Morgan fingerprint density at radius 1 is 0.588 bits per heavy atom. The van der Waals surface area contributed by atoms with Gasteiger partial charge in [0.1, 0.15) is 12.4 Å². The van der Waals surface area contributed by atoms with Gasteiger partial charge in [-0.25, -0.2) is 4.79 Å². The summed E-state index contributed by atoms with van der Waals surface area (Å²) in [6.07, 6.45) is 9.06. The van der Waals surface area contributed by atoms with Crippen LogP contribution in [0, 0.1) is 0 Å². The average molecular weight is 485 g/mol. The number of hydrogen-bond acceptors (Lipinski definition) is 8. The fourth-order valence-corrected chi connectivity index (χ4v) is 3.02. The molecule has 0 aliphatic heterocycles. The zero-order chi connectivity index (χ0) is 24.5. The number of esters is 1. The second-order valence-electron chi connectivity index (χ2n) is 7.87. The molecular formula is C26H44O8. The van der Waals surface area contributed by atoms with E-state index in [1.807, 2.05) is 0 Å². The molecular weight excluding hydrogens is 440 g/mol. The van der Waals surface area contributed by atoms with Crippen molar-refractivity contribution >= 4 is 5.97 Å². The molecule has 1 aromatic rings. The highest BCUT2D eigenvalue weighted by molar-refractivity contribution is 5.89. The number of hydrogen-bond donors (Lipinski definition) is 1. The quantitative estimate of drug-likeness (QED) is 0.171. The van der Waals surface area contributed by atoms with E-state index >= 15 is 0 Å². The lowest BCUT2D eigenvalue weighted by Crippen LogP contribution is -2.15. The molecule has 1 rings (SSSR count). The summed E-state index contributed by atoms with van der Waals surface area (Å²) in [5.41, 5.74) is 0.388. The molecule has 0 unspecified atom stereocenters. The molecule has 0 fully saturated rings. The van der Waals surface area contributed by atoms with Crippen LogP contribution in [0.1, 0.15) is 62.2 Å². The minimum atomic E-state index is -0.447. The Morgan fingerprint density at radius 3 is 1.50 bits per heavy atom. The highest BCUT2D eigenvalue weighted by Crippen LogP contribution is 2.10. The van der Waals surface area contributed by atoms with E-state index in [0.29, 0.717) is 65.0 Å². The van der Waals surface area contributed by atoms with Crippen LogP contribution in [0.3, 0.4) is 0 Å². The fraction of sp³-hybridized carbons (Fsp3) is 0.731. The van der Waals surface area contributed by atoms with E-state index < -0.39 is 5.97 Å². The van der Waals surface area contributed by atoms with Crippen LogP contribution in [0.25, 0.3) is 0 Å². The summed E-state index contributed by atoms with van der Waals surface area (Å²) in [4.78, 5) is 11.8. The van der Waals surface area contributed by atoms with Gasteiger partial charge in [0.15, 0.2) is 0 Å². The van der Waals surface area contributed by atoms with Crippen molar-refractivity contribution in [3.63, 3.8) is 0 Å². The molecule has 34 heavy (non-hydrogen) atoms. The van der Waals surface area contributed by atoms with Crippen molar-refractivity contribution in [2.45, 2.75) is 51.9 Å². The Labute approximate surface area is 204 Å². The van der Waals surface area contributed by atoms with Gasteiger partial charge in [0, 0.05) is 6.61 Å². The summed E-state index contributed by atoms with van der Waals surface area (Å²) in [6.45, 7) is 7.67. The second-order valence-corrected chi connectivity index (χ2v) is 7.87. The van der Waals surface area contributed by atoms with Gasteiger partial charge in [-0.3, -0.25) is 0 Å². The lowest BCUT2D eigenvalue weighted by atomic mass is 10.1. The number of ether oxygens (including phenoxy) is 6. The van der Waals surface area contributed by atoms with Crippen molar-refractivity contribution in [2.24, 2.45) is 0 Å². The molecule has 8 nitrogen and oxygen atoms in total. The first kappa shape index (κ1) is 30.3. The van der Waals surface area contributed by atoms with Crippen molar-refractivity contribution in [1.82, 2.24) is 0 Å². The molecule has 0 atom stereocenters. The highest BCUT2D eigenvalue weighted by atomic mass is 16.6. The van der Waals surface area contributed by atoms with Crippen LogP contribution in [0.5, 0.6) is 5.75 Å². The van der Waals surface area contributed by atoms with Crippen molar-refractivity contribution in [1.29, 1.82) is 0 Å². The van der Waals surface area contributed by atoms with E-state index in [9.17, 15) is 9.90 Å². The molecule has 0 spiro atoms. The number of carbonyl (C=O) groups is 1. The Balaban J connectivity index is 1.71. The molecule has 0 bridgehead atoms. The molecule has 1 aromatic carbocycles. The van der Waals surface area contributed by atoms with E-state index in [4.69, 9.17) is 28.4 Å². The third-order valence-corrected chi connectivity index (χ3v) is 4.94. The summed E-state index contributed by atoms with van der Waals surface area (Å²) in [5, 5.41) is 9.20. The molecule has 1 N–H and O–H groups in total. The van der Waals surface area contributed by atoms with Crippen molar-refractivity contribution < 1.29 is 38.3 Å². The number of unbranched alkanes of at least 4 members (excludes halogenated alkanes) is 6. The lowest BCUT2D eigenvalue weighted by molar-refractivity contribution is -0.0153. The van der Waals surface area contributed by atoms with Crippen LogP contribution in [-0.4, -0.2) is 83.8 Å². The van der Waals surface area contributed by atoms with Crippen LogP contribution >= 0.6 is 0 Å². The van der Waals surface area contributed by atoms with E-state index in [-0.39, 0.29) is 12.4 Å². The molecule has 0 aromatic heterocycles. The fourth-order valence-electron chi connectivity index (χ4n) is 3.02. The second kappa shape index (κ2) is 23.1. The third kappa shape index (κ3) is 18.7. The molecule has 0 aliphatic carbocycles. The maximum atomic E-state index is 11.8. The molecule has 196 valence electrons. The third-order valence-electron chi connectivity index (χ3n) is 4.94. The number of aromatic hydroxyl groups is 1. The zero-order valence-electron chi connectivity index (χ0n) is 20.8. The van der Waals surface area contributed by atoms with E-state index in [0.717, 1.165) is 13.0 Å². The number of phenols is 1. The Kier molecular flexibility index (Phi) is 20.6. The van der Waals surface area contributed by atoms with Gasteiger partial charge < -0.3 is 33.5 Å². The van der Waals surface area contributed by atoms with Crippen LogP contribution in [0.15, 0.2) is 24.3 Å². The Morgan fingerprint density at radius 2 is 1.00 bits per heavy atom. The van der Waals surface area contributed by atoms with Crippen LogP contribution < -0.4 is 0 Å². The van der Waals surface area contributed by atoms with Gasteiger partial charge in [-0.2, -0.15) is 0 Å². The van der Waals surface area contributed by atoms with E-state index in [1.54, 1.807) is 0 Å². The Bertz CT molecular complexity index is 579. The largest absolute Gasteiger partial charge is 0.508 e. The first-order valence-electron chi connectivity index (χ1n) is 12.6. The van der Waals surface area contributed by atoms with Gasteiger partial charge in [0.05, 0.1) is 65.0 Å². The van der Waals surface area contributed by atoms with Gasteiger partial charge in [0.2, 0.25) is 0 Å². The van der Waals surface area contributed by atoms with Gasteiger partial charge >= 0.3 is 5.97 Å². The van der Waals surface area contributed by atoms with Crippen LogP contribution in [0.4, 0.5) is 0 Å². The maximum Gasteiger partial charge on any atom is 0.338 e. The van der Waals surface area contributed by atoms with E-state index in [2.05, 4.69) is 6.92 Å². The monoisotopic (exact) mass is 484 g/mol. The molecule has 0 radical (unpaired) electrons. The average Bonchev–Trinajstić information content (AvgIpc) is 2.84. The minimum Gasteiger partial charge on any atom is -0.508 e. The highest BCUT2D eigenvalue weighted by Gasteiger charge is 2.06. The van der Waals surface area contributed by atoms with Gasteiger partial charge in [-0.1, -0.05) is 45.4 Å². The number of benzene rings is 1. The summed E-state index contributed by atoms with van der Waals surface area (Å²) in [5.74, 6) is -0.342. The van der Waals surface area contributed by atoms with E-state index in [1.165, 1.54) is 62.8 Å². The van der Waals surface area contributed by atoms with Crippen LogP contribution in [0.2, 0.25) is 0 Å². The molecule has 0 heterocycles. The molecule has 0 aliphatic rings.